The Morgan fingerprint density at radius 3 is 2.72 bits per heavy atom. The first-order valence-electron chi connectivity index (χ1n) is 6.83. The third-order valence-corrected chi connectivity index (χ3v) is 4.30. The van der Waals surface area contributed by atoms with E-state index in [1.165, 1.54) is 0 Å². The molecule has 2 saturated heterocycles. The number of piperidine rings is 1. The molecule has 3 N–H and O–H groups in total. The SMILES string of the molecule is CC1(C)CCCNC1C(=O)N1CCCC1B(O)O. The van der Waals surface area contributed by atoms with E-state index in [0.29, 0.717) is 13.0 Å². The maximum Gasteiger partial charge on any atom is 0.475 e. The zero-order valence-electron chi connectivity index (χ0n) is 11.2. The summed E-state index contributed by atoms with van der Waals surface area (Å²) in [5, 5.41) is 22.0. The van der Waals surface area contributed by atoms with Crippen LogP contribution in [0.3, 0.4) is 0 Å². The molecule has 2 fully saturated rings. The van der Waals surface area contributed by atoms with Crippen LogP contribution in [-0.4, -0.2) is 53.0 Å². The first-order valence-corrected chi connectivity index (χ1v) is 6.83. The van der Waals surface area contributed by atoms with Crippen molar-refractivity contribution in [1.29, 1.82) is 0 Å². The third kappa shape index (κ3) is 2.55. The second kappa shape index (κ2) is 5.19. The van der Waals surface area contributed by atoms with E-state index in [1.807, 2.05) is 0 Å². The van der Waals surface area contributed by atoms with Crippen molar-refractivity contribution in [3.8, 4) is 0 Å². The minimum Gasteiger partial charge on any atom is -0.426 e. The average molecular weight is 254 g/mol. The lowest BCUT2D eigenvalue weighted by molar-refractivity contribution is -0.137. The number of likely N-dealkylation sites (tertiary alicyclic amines) is 1. The maximum atomic E-state index is 12.6. The Labute approximate surface area is 109 Å². The van der Waals surface area contributed by atoms with Gasteiger partial charge in [-0.15, -0.1) is 0 Å². The van der Waals surface area contributed by atoms with Gasteiger partial charge in [0.25, 0.3) is 0 Å². The number of hydrogen-bond acceptors (Lipinski definition) is 4. The molecule has 18 heavy (non-hydrogen) atoms. The van der Waals surface area contributed by atoms with Crippen molar-refractivity contribution in [2.45, 2.75) is 51.5 Å². The van der Waals surface area contributed by atoms with E-state index >= 15 is 0 Å². The first-order chi connectivity index (χ1) is 8.43. The molecule has 0 spiro atoms. The molecule has 1 amide bonds. The van der Waals surface area contributed by atoms with Crippen molar-refractivity contribution >= 4 is 13.0 Å². The van der Waals surface area contributed by atoms with Crippen LogP contribution in [-0.2, 0) is 4.79 Å². The van der Waals surface area contributed by atoms with Crippen molar-refractivity contribution in [3.63, 3.8) is 0 Å². The molecule has 2 rings (SSSR count). The molecule has 6 heteroatoms. The van der Waals surface area contributed by atoms with Crippen LogP contribution >= 0.6 is 0 Å². The Hall–Kier alpha value is -0.585. The normalized spacial score (nSPS) is 31.4. The molecule has 2 aliphatic heterocycles. The third-order valence-electron chi connectivity index (χ3n) is 4.30. The van der Waals surface area contributed by atoms with Gasteiger partial charge in [0.1, 0.15) is 0 Å². The second-order valence-corrected chi connectivity index (χ2v) is 6.13. The number of nitrogens with one attached hydrogen (secondary N) is 1. The van der Waals surface area contributed by atoms with Crippen LogP contribution in [0.2, 0.25) is 0 Å². The topological polar surface area (TPSA) is 72.8 Å². The molecule has 0 aromatic heterocycles. The average Bonchev–Trinajstić information content (AvgIpc) is 2.76. The van der Waals surface area contributed by atoms with Gasteiger partial charge in [-0.3, -0.25) is 4.79 Å². The summed E-state index contributed by atoms with van der Waals surface area (Å²) in [6, 6.07) is -0.203. The minimum absolute atomic E-state index is 0.0234. The Bertz CT molecular complexity index is 322. The van der Waals surface area contributed by atoms with Crippen LogP contribution in [0.25, 0.3) is 0 Å². The Kier molecular flexibility index (Phi) is 3.99. The Morgan fingerprint density at radius 1 is 1.39 bits per heavy atom. The summed E-state index contributed by atoms with van der Waals surface area (Å²) in [5.41, 5.74) is -0.0666. The monoisotopic (exact) mass is 254 g/mol. The van der Waals surface area contributed by atoms with Gasteiger partial charge >= 0.3 is 7.12 Å². The van der Waals surface area contributed by atoms with Gasteiger partial charge in [-0.05, 0) is 37.6 Å². The summed E-state index contributed by atoms with van der Waals surface area (Å²) in [4.78, 5) is 14.2. The van der Waals surface area contributed by atoms with Crippen molar-refractivity contribution in [2.75, 3.05) is 13.1 Å². The number of rotatable bonds is 2. The van der Waals surface area contributed by atoms with E-state index in [-0.39, 0.29) is 17.4 Å². The zero-order chi connectivity index (χ0) is 13.3. The van der Waals surface area contributed by atoms with Crippen LogP contribution in [0.1, 0.15) is 39.5 Å². The van der Waals surface area contributed by atoms with Gasteiger partial charge in [-0.25, -0.2) is 0 Å². The first kappa shape index (κ1) is 13.8. The van der Waals surface area contributed by atoms with Crippen LogP contribution < -0.4 is 5.32 Å². The molecule has 2 unspecified atom stereocenters. The summed E-state index contributed by atoms with van der Waals surface area (Å²) in [5.74, 6) is -0.410. The van der Waals surface area contributed by atoms with Gasteiger partial charge in [0.15, 0.2) is 0 Å². The number of hydrogen-bond donors (Lipinski definition) is 3. The number of carbonyl (C=O) groups is 1. The molecule has 2 heterocycles. The maximum absolute atomic E-state index is 12.6. The highest BCUT2D eigenvalue weighted by Crippen LogP contribution is 2.32. The van der Waals surface area contributed by atoms with Gasteiger partial charge in [0.05, 0.1) is 12.0 Å². The quantitative estimate of drug-likeness (QED) is 0.595. The molecule has 0 saturated carbocycles. The lowest BCUT2D eigenvalue weighted by Gasteiger charge is -2.41. The number of amides is 1. The van der Waals surface area contributed by atoms with Crippen LogP contribution in [0.4, 0.5) is 0 Å². The molecule has 102 valence electrons. The summed E-state index contributed by atoms with van der Waals surface area (Å²) < 4.78 is 0. The number of nitrogens with zero attached hydrogens (tertiary/aromatic N) is 1. The van der Waals surface area contributed by atoms with Crippen molar-refractivity contribution < 1.29 is 14.8 Å². The fraction of sp³-hybridized carbons (Fsp3) is 0.917. The van der Waals surface area contributed by atoms with Crippen LogP contribution in [0, 0.1) is 5.41 Å². The molecule has 2 aliphatic rings. The van der Waals surface area contributed by atoms with E-state index in [4.69, 9.17) is 0 Å². The van der Waals surface area contributed by atoms with Gasteiger partial charge in [0, 0.05) is 6.54 Å². The lowest BCUT2D eigenvalue weighted by Crippen LogP contribution is -2.59. The van der Waals surface area contributed by atoms with Gasteiger partial charge in [-0.2, -0.15) is 0 Å². The smallest absolute Gasteiger partial charge is 0.426 e. The second-order valence-electron chi connectivity index (χ2n) is 6.13. The summed E-state index contributed by atoms with van der Waals surface area (Å²) in [6.07, 6.45) is 3.64. The largest absolute Gasteiger partial charge is 0.475 e. The Morgan fingerprint density at radius 2 is 2.11 bits per heavy atom. The van der Waals surface area contributed by atoms with E-state index in [2.05, 4.69) is 19.2 Å². The molecule has 2 atom stereocenters. The summed E-state index contributed by atoms with van der Waals surface area (Å²) in [6.45, 7) is 5.69. The van der Waals surface area contributed by atoms with Crippen molar-refractivity contribution in [1.82, 2.24) is 10.2 Å². The highest BCUT2D eigenvalue weighted by molar-refractivity contribution is 6.43. The minimum atomic E-state index is -1.43. The summed E-state index contributed by atoms with van der Waals surface area (Å²) >= 11 is 0. The zero-order valence-corrected chi connectivity index (χ0v) is 11.2. The van der Waals surface area contributed by atoms with Crippen molar-refractivity contribution in [3.05, 3.63) is 0 Å². The van der Waals surface area contributed by atoms with E-state index < -0.39 is 13.1 Å². The van der Waals surface area contributed by atoms with Gasteiger partial charge in [0.2, 0.25) is 5.91 Å². The number of carbonyl (C=O) groups excluding carboxylic acids is 1. The molecule has 5 nitrogen and oxygen atoms in total. The molecule has 0 radical (unpaired) electrons. The van der Waals surface area contributed by atoms with Crippen LogP contribution in [0.5, 0.6) is 0 Å². The fourth-order valence-corrected chi connectivity index (χ4v) is 3.17. The molecule has 0 bridgehead atoms. The molecule has 0 aromatic rings. The Balaban J connectivity index is 2.10. The highest BCUT2D eigenvalue weighted by Gasteiger charge is 2.44. The van der Waals surface area contributed by atoms with Crippen molar-refractivity contribution in [2.24, 2.45) is 5.41 Å². The van der Waals surface area contributed by atoms with E-state index in [1.54, 1.807) is 4.90 Å². The van der Waals surface area contributed by atoms with Gasteiger partial charge < -0.3 is 20.3 Å². The van der Waals surface area contributed by atoms with Crippen LogP contribution in [0.15, 0.2) is 0 Å². The molecular formula is C12H23BN2O3. The predicted octanol–water partition coefficient (Wildman–Crippen LogP) is -0.232. The molecule has 0 aromatic carbocycles. The standard InChI is InChI=1S/C12H23BN2O3/c1-12(2)6-4-7-14-10(12)11(16)15-8-3-5-9(15)13(17)18/h9-10,14,17-18H,3-8H2,1-2H3. The molecule has 0 aliphatic carbocycles. The predicted molar refractivity (Wildman–Crippen MR) is 69.7 cm³/mol. The lowest BCUT2D eigenvalue weighted by atomic mass is 9.75. The highest BCUT2D eigenvalue weighted by atomic mass is 16.4. The van der Waals surface area contributed by atoms with Gasteiger partial charge in [-0.1, -0.05) is 13.8 Å². The van der Waals surface area contributed by atoms with E-state index in [9.17, 15) is 14.8 Å². The van der Waals surface area contributed by atoms with E-state index in [0.717, 1.165) is 25.8 Å². The molecular weight excluding hydrogens is 231 g/mol. The fourth-order valence-electron chi connectivity index (χ4n) is 3.17. The summed E-state index contributed by atoms with van der Waals surface area (Å²) in [7, 11) is -1.43.